The first kappa shape index (κ1) is 22.1. The summed E-state index contributed by atoms with van der Waals surface area (Å²) in [6.07, 6.45) is 1.50. The Bertz CT molecular complexity index is 1350. The standard InChI is InChI=1S/C25H23FN2O5/c1-30-22-10-16(7-8-21(22)33-14-17-5-4-6-18(26)9-17)13-28-15-27-20-12-24(32-3)23(31-2)11-19(20)25(28)29/h4-12,15H,13-14H2,1-3H3. The number of benzene rings is 3. The van der Waals surface area contributed by atoms with E-state index in [1.54, 1.807) is 36.4 Å². The molecule has 0 radical (unpaired) electrons. The van der Waals surface area contributed by atoms with Gasteiger partial charge in [-0.25, -0.2) is 9.37 Å². The van der Waals surface area contributed by atoms with Gasteiger partial charge in [-0.15, -0.1) is 0 Å². The van der Waals surface area contributed by atoms with Gasteiger partial charge < -0.3 is 18.9 Å². The molecule has 0 aliphatic carbocycles. The summed E-state index contributed by atoms with van der Waals surface area (Å²) in [5.41, 5.74) is 1.86. The lowest BCUT2D eigenvalue weighted by Crippen LogP contribution is -2.21. The summed E-state index contributed by atoms with van der Waals surface area (Å²) >= 11 is 0. The van der Waals surface area contributed by atoms with Crippen molar-refractivity contribution in [3.63, 3.8) is 0 Å². The van der Waals surface area contributed by atoms with Crippen LogP contribution in [0.4, 0.5) is 4.39 Å². The summed E-state index contributed by atoms with van der Waals surface area (Å²) in [6.45, 7) is 0.490. The highest BCUT2D eigenvalue weighted by Gasteiger charge is 2.12. The van der Waals surface area contributed by atoms with Gasteiger partial charge in [0.2, 0.25) is 0 Å². The molecule has 1 heterocycles. The number of hydrogen-bond acceptors (Lipinski definition) is 6. The van der Waals surface area contributed by atoms with E-state index < -0.39 is 0 Å². The molecule has 170 valence electrons. The second kappa shape index (κ2) is 9.60. The minimum atomic E-state index is -0.316. The first-order valence-electron chi connectivity index (χ1n) is 10.2. The average molecular weight is 450 g/mol. The zero-order valence-corrected chi connectivity index (χ0v) is 18.5. The molecule has 0 atom stereocenters. The third kappa shape index (κ3) is 4.74. The van der Waals surface area contributed by atoms with Crippen LogP contribution in [0, 0.1) is 5.82 Å². The third-order valence-electron chi connectivity index (χ3n) is 5.19. The summed E-state index contributed by atoms with van der Waals surface area (Å²) in [7, 11) is 4.59. The van der Waals surface area contributed by atoms with Crippen molar-refractivity contribution in [3.05, 3.63) is 88.2 Å². The van der Waals surface area contributed by atoms with Gasteiger partial charge in [-0.2, -0.15) is 0 Å². The molecular weight excluding hydrogens is 427 g/mol. The van der Waals surface area contributed by atoms with Crippen LogP contribution >= 0.6 is 0 Å². The first-order chi connectivity index (χ1) is 16.0. The van der Waals surface area contributed by atoms with Crippen LogP contribution in [-0.4, -0.2) is 30.9 Å². The second-order valence-corrected chi connectivity index (χ2v) is 7.31. The molecule has 0 amide bonds. The summed E-state index contributed by atoms with van der Waals surface area (Å²) < 4.78 is 36.7. The Labute approximate surface area is 189 Å². The molecule has 0 bridgehead atoms. The van der Waals surface area contributed by atoms with Crippen molar-refractivity contribution in [1.29, 1.82) is 0 Å². The molecule has 0 fully saturated rings. The third-order valence-corrected chi connectivity index (χ3v) is 5.19. The molecule has 0 saturated heterocycles. The molecule has 0 N–H and O–H groups in total. The molecular formula is C25H23FN2O5. The molecule has 33 heavy (non-hydrogen) atoms. The zero-order valence-electron chi connectivity index (χ0n) is 18.5. The van der Waals surface area contributed by atoms with E-state index in [9.17, 15) is 9.18 Å². The van der Waals surface area contributed by atoms with E-state index in [1.165, 1.54) is 44.4 Å². The summed E-state index contributed by atoms with van der Waals surface area (Å²) in [4.78, 5) is 17.4. The molecule has 0 aliphatic heterocycles. The minimum Gasteiger partial charge on any atom is -0.493 e. The van der Waals surface area contributed by atoms with Gasteiger partial charge in [0.1, 0.15) is 12.4 Å². The number of hydrogen-bond donors (Lipinski definition) is 0. The van der Waals surface area contributed by atoms with Crippen molar-refractivity contribution in [3.8, 4) is 23.0 Å². The van der Waals surface area contributed by atoms with Crippen molar-refractivity contribution >= 4 is 10.9 Å². The monoisotopic (exact) mass is 450 g/mol. The molecule has 7 nitrogen and oxygen atoms in total. The van der Waals surface area contributed by atoms with Crippen molar-refractivity contribution in [2.75, 3.05) is 21.3 Å². The molecule has 0 spiro atoms. The van der Waals surface area contributed by atoms with Gasteiger partial charge in [0.25, 0.3) is 5.56 Å². The molecule has 0 saturated carbocycles. The predicted molar refractivity (Wildman–Crippen MR) is 122 cm³/mol. The number of fused-ring (bicyclic) bond motifs is 1. The smallest absolute Gasteiger partial charge is 0.261 e. The topological polar surface area (TPSA) is 71.8 Å². The van der Waals surface area contributed by atoms with Crippen molar-refractivity contribution < 1.29 is 23.3 Å². The average Bonchev–Trinajstić information content (AvgIpc) is 2.84. The Morgan fingerprint density at radius 2 is 1.58 bits per heavy atom. The molecule has 8 heteroatoms. The number of halogens is 1. The van der Waals surface area contributed by atoms with Gasteiger partial charge in [0.05, 0.1) is 45.1 Å². The highest BCUT2D eigenvalue weighted by Crippen LogP contribution is 2.31. The van der Waals surface area contributed by atoms with Gasteiger partial charge in [-0.05, 0) is 41.5 Å². The normalized spacial score (nSPS) is 10.8. The Morgan fingerprint density at radius 1 is 0.848 bits per heavy atom. The Balaban J connectivity index is 1.58. The second-order valence-electron chi connectivity index (χ2n) is 7.31. The first-order valence-corrected chi connectivity index (χ1v) is 10.2. The van der Waals surface area contributed by atoms with Crippen LogP contribution in [0.1, 0.15) is 11.1 Å². The van der Waals surface area contributed by atoms with E-state index in [4.69, 9.17) is 18.9 Å². The molecule has 3 aromatic carbocycles. The van der Waals surface area contributed by atoms with Crippen molar-refractivity contribution in [2.24, 2.45) is 0 Å². The van der Waals surface area contributed by atoms with Crippen molar-refractivity contribution in [1.82, 2.24) is 9.55 Å². The fourth-order valence-electron chi connectivity index (χ4n) is 3.51. The van der Waals surface area contributed by atoms with Gasteiger partial charge in [-0.1, -0.05) is 18.2 Å². The van der Waals surface area contributed by atoms with Gasteiger partial charge >= 0.3 is 0 Å². The zero-order chi connectivity index (χ0) is 23.4. The van der Waals surface area contributed by atoms with Gasteiger partial charge in [0, 0.05) is 6.07 Å². The van der Waals surface area contributed by atoms with Crippen LogP contribution < -0.4 is 24.5 Å². The maximum absolute atomic E-state index is 13.4. The Kier molecular flexibility index (Phi) is 6.44. The summed E-state index contributed by atoms with van der Waals surface area (Å²) in [6, 6.07) is 14.9. The largest absolute Gasteiger partial charge is 0.493 e. The fourth-order valence-corrected chi connectivity index (χ4v) is 3.51. The lowest BCUT2D eigenvalue weighted by Gasteiger charge is -2.14. The van der Waals surface area contributed by atoms with E-state index >= 15 is 0 Å². The quantitative estimate of drug-likeness (QED) is 0.401. The fraction of sp³-hybridized carbons (Fsp3) is 0.200. The minimum absolute atomic E-state index is 0.201. The van der Waals surface area contributed by atoms with E-state index in [-0.39, 0.29) is 24.5 Å². The van der Waals surface area contributed by atoms with E-state index in [1.807, 2.05) is 6.07 Å². The highest BCUT2D eigenvalue weighted by molar-refractivity contribution is 5.81. The van der Waals surface area contributed by atoms with Gasteiger partial charge in [-0.3, -0.25) is 9.36 Å². The number of ether oxygens (including phenoxy) is 4. The van der Waals surface area contributed by atoms with Crippen LogP contribution in [0.5, 0.6) is 23.0 Å². The van der Waals surface area contributed by atoms with Crippen LogP contribution in [0.3, 0.4) is 0 Å². The van der Waals surface area contributed by atoms with E-state index in [0.717, 1.165) is 5.56 Å². The van der Waals surface area contributed by atoms with Gasteiger partial charge in [0.15, 0.2) is 23.0 Å². The maximum atomic E-state index is 13.4. The number of rotatable bonds is 8. The lowest BCUT2D eigenvalue weighted by atomic mass is 10.2. The SMILES string of the molecule is COc1cc2ncn(Cc3ccc(OCc4cccc(F)c4)c(OC)c3)c(=O)c2cc1OC. The number of aromatic nitrogens is 2. The van der Waals surface area contributed by atoms with E-state index in [0.29, 0.717) is 39.5 Å². The molecule has 1 aromatic heterocycles. The van der Waals surface area contributed by atoms with Crippen LogP contribution in [0.2, 0.25) is 0 Å². The lowest BCUT2D eigenvalue weighted by molar-refractivity contribution is 0.284. The number of nitrogens with zero attached hydrogens (tertiary/aromatic N) is 2. The number of methoxy groups -OCH3 is 3. The van der Waals surface area contributed by atoms with Crippen molar-refractivity contribution in [2.45, 2.75) is 13.2 Å². The van der Waals surface area contributed by atoms with Crippen LogP contribution in [0.15, 0.2) is 65.7 Å². The molecule has 4 aromatic rings. The summed E-state index contributed by atoms with van der Waals surface area (Å²) in [5, 5.41) is 0.428. The van der Waals surface area contributed by atoms with E-state index in [2.05, 4.69) is 4.98 Å². The molecule has 0 aliphatic rings. The molecule has 0 unspecified atom stereocenters. The maximum Gasteiger partial charge on any atom is 0.261 e. The van der Waals surface area contributed by atoms with Crippen LogP contribution in [0.25, 0.3) is 10.9 Å². The highest BCUT2D eigenvalue weighted by atomic mass is 19.1. The predicted octanol–water partition coefficient (Wildman–Crippen LogP) is 4.19. The Hall–Kier alpha value is -4.07. The van der Waals surface area contributed by atoms with Crippen LogP contribution in [-0.2, 0) is 13.2 Å². The molecule has 4 rings (SSSR count). The Morgan fingerprint density at radius 3 is 2.30 bits per heavy atom. The summed E-state index contributed by atoms with van der Waals surface area (Å²) in [5.74, 6) is 1.68.